The molecule has 94 valence electrons. The third-order valence-corrected chi connectivity index (χ3v) is 3.33. The first-order valence-electron chi connectivity index (χ1n) is 6.67. The largest absolute Gasteiger partial charge is 0.368 e. The van der Waals surface area contributed by atoms with Gasteiger partial charge in [0.1, 0.15) is 6.10 Å². The van der Waals surface area contributed by atoms with Gasteiger partial charge in [-0.3, -0.25) is 4.79 Å². The second-order valence-electron chi connectivity index (χ2n) is 4.66. The molecule has 1 amide bonds. The minimum absolute atomic E-state index is 0.0902. The Bertz CT molecular complexity index is 200. The van der Waals surface area contributed by atoms with E-state index in [-0.39, 0.29) is 12.0 Å². The average molecular weight is 227 g/mol. The van der Waals surface area contributed by atoms with Gasteiger partial charge in [0.2, 0.25) is 5.91 Å². The molecule has 1 fully saturated rings. The zero-order valence-corrected chi connectivity index (χ0v) is 10.6. The molecule has 3 nitrogen and oxygen atoms in total. The first-order valence-corrected chi connectivity index (χ1v) is 6.67. The Morgan fingerprint density at radius 3 is 2.88 bits per heavy atom. The molecule has 0 saturated carbocycles. The Hall–Kier alpha value is -0.570. The Kier molecular flexibility index (Phi) is 6.46. The van der Waals surface area contributed by atoms with Crippen molar-refractivity contribution in [2.24, 2.45) is 5.92 Å². The summed E-state index contributed by atoms with van der Waals surface area (Å²) in [4.78, 5) is 11.7. The normalized spacial score (nSPS) is 22.0. The fourth-order valence-corrected chi connectivity index (χ4v) is 2.09. The molecule has 1 saturated heterocycles. The fourth-order valence-electron chi connectivity index (χ4n) is 2.09. The second-order valence-corrected chi connectivity index (χ2v) is 4.66. The van der Waals surface area contributed by atoms with Crippen molar-refractivity contribution in [1.29, 1.82) is 0 Å². The smallest absolute Gasteiger partial charge is 0.249 e. The van der Waals surface area contributed by atoms with E-state index in [2.05, 4.69) is 19.2 Å². The van der Waals surface area contributed by atoms with Gasteiger partial charge in [-0.1, -0.05) is 33.1 Å². The van der Waals surface area contributed by atoms with E-state index < -0.39 is 0 Å². The van der Waals surface area contributed by atoms with E-state index in [1.54, 1.807) is 0 Å². The Morgan fingerprint density at radius 2 is 2.31 bits per heavy atom. The summed E-state index contributed by atoms with van der Waals surface area (Å²) in [6, 6.07) is 0. The lowest BCUT2D eigenvalue weighted by atomic mass is 9.99. The van der Waals surface area contributed by atoms with E-state index in [4.69, 9.17) is 4.74 Å². The molecule has 2 atom stereocenters. The third kappa shape index (κ3) is 4.52. The summed E-state index contributed by atoms with van der Waals surface area (Å²) in [6.07, 6.45) is 6.58. The van der Waals surface area contributed by atoms with Crippen LogP contribution in [0.3, 0.4) is 0 Å². The number of nitrogens with one attached hydrogen (secondary N) is 1. The minimum Gasteiger partial charge on any atom is -0.368 e. The summed E-state index contributed by atoms with van der Waals surface area (Å²) in [5.41, 5.74) is 0. The number of amides is 1. The van der Waals surface area contributed by atoms with Crippen molar-refractivity contribution in [3.63, 3.8) is 0 Å². The van der Waals surface area contributed by atoms with E-state index in [0.29, 0.717) is 5.92 Å². The Labute approximate surface area is 98.9 Å². The van der Waals surface area contributed by atoms with Crippen LogP contribution in [-0.4, -0.2) is 25.2 Å². The van der Waals surface area contributed by atoms with Gasteiger partial charge < -0.3 is 10.1 Å². The number of hydrogen-bond acceptors (Lipinski definition) is 2. The first kappa shape index (κ1) is 13.5. The number of unbranched alkanes of at least 4 members (excludes halogenated alkanes) is 1. The topological polar surface area (TPSA) is 38.3 Å². The van der Waals surface area contributed by atoms with Crippen LogP contribution < -0.4 is 5.32 Å². The van der Waals surface area contributed by atoms with Crippen LogP contribution in [0.4, 0.5) is 0 Å². The first-order chi connectivity index (χ1) is 7.77. The van der Waals surface area contributed by atoms with Crippen LogP contribution in [0.25, 0.3) is 0 Å². The predicted octanol–water partition coefficient (Wildman–Crippen LogP) is 2.50. The quantitative estimate of drug-likeness (QED) is 0.725. The molecule has 0 aliphatic carbocycles. The summed E-state index contributed by atoms with van der Waals surface area (Å²) < 4.78 is 5.35. The van der Waals surface area contributed by atoms with Crippen LogP contribution in [-0.2, 0) is 9.53 Å². The summed E-state index contributed by atoms with van der Waals surface area (Å²) in [7, 11) is 0. The molecule has 1 rings (SSSR count). The Balaban J connectivity index is 2.17. The van der Waals surface area contributed by atoms with Crippen LogP contribution >= 0.6 is 0 Å². The van der Waals surface area contributed by atoms with Gasteiger partial charge in [-0.05, 0) is 25.2 Å². The van der Waals surface area contributed by atoms with Crippen molar-refractivity contribution in [3.05, 3.63) is 0 Å². The van der Waals surface area contributed by atoms with Crippen LogP contribution in [0, 0.1) is 5.92 Å². The van der Waals surface area contributed by atoms with Gasteiger partial charge in [-0.2, -0.15) is 0 Å². The molecule has 0 radical (unpaired) electrons. The SMILES string of the molecule is CCCC[C@@H](CC)CNC(=O)[C@H]1CCCO1. The van der Waals surface area contributed by atoms with Gasteiger partial charge >= 0.3 is 0 Å². The molecule has 0 aromatic heterocycles. The maximum atomic E-state index is 11.7. The summed E-state index contributed by atoms with van der Waals surface area (Å²) in [5, 5.41) is 3.02. The highest BCUT2D eigenvalue weighted by atomic mass is 16.5. The molecule has 3 heteroatoms. The van der Waals surface area contributed by atoms with Crippen LogP contribution in [0.5, 0.6) is 0 Å². The zero-order valence-electron chi connectivity index (χ0n) is 10.6. The van der Waals surface area contributed by atoms with Crippen LogP contribution in [0.2, 0.25) is 0 Å². The number of carbonyl (C=O) groups is 1. The number of carbonyl (C=O) groups excluding carboxylic acids is 1. The predicted molar refractivity (Wildman–Crippen MR) is 65.3 cm³/mol. The highest BCUT2D eigenvalue weighted by molar-refractivity contribution is 5.80. The van der Waals surface area contributed by atoms with E-state index in [1.165, 1.54) is 19.3 Å². The van der Waals surface area contributed by atoms with Crippen molar-refractivity contribution in [3.8, 4) is 0 Å². The molecular weight excluding hydrogens is 202 g/mol. The molecule has 0 aromatic rings. The van der Waals surface area contributed by atoms with Gasteiger partial charge in [0, 0.05) is 13.2 Å². The lowest BCUT2D eigenvalue weighted by Gasteiger charge is -2.17. The highest BCUT2D eigenvalue weighted by Gasteiger charge is 2.23. The molecule has 1 aliphatic heterocycles. The van der Waals surface area contributed by atoms with Crippen molar-refractivity contribution in [2.75, 3.05) is 13.2 Å². The molecule has 0 bridgehead atoms. The number of hydrogen-bond donors (Lipinski definition) is 1. The maximum absolute atomic E-state index is 11.7. The van der Waals surface area contributed by atoms with Gasteiger partial charge in [0.15, 0.2) is 0 Å². The van der Waals surface area contributed by atoms with Crippen LogP contribution in [0.1, 0.15) is 52.4 Å². The molecule has 1 heterocycles. The molecule has 1 N–H and O–H groups in total. The summed E-state index contributed by atoms with van der Waals surface area (Å²) >= 11 is 0. The van der Waals surface area contributed by atoms with Crippen molar-refractivity contribution in [1.82, 2.24) is 5.32 Å². The van der Waals surface area contributed by atoms with Crippen molar-refractivity contribution >= 4 is 5.91 Å². The monoisotopic (exact) mass is 227 g/mol. The zero-order chi connectivity index (χ0) is 11.8. The standard InChI is InChI=1S/C13H25NO2/c1-3-5-7-11(4-2)10-14-13(15)12-8-6-9-16-12/h11-12H,3-10H2,1-2H3,(H,14,15)/t11-,12-/m1/s1. The molecular formula is C13H25NO2. The lowest BCUT2D eigenvalue weighted by Crippen LogP contribution is -2.37. The Morgan fingerprint density at radius 1 is 1.50 bits per heavy atom. The molecule has 0 spiro atoms. The van der Waals surface area contributed by atoms with E-state index >= 15 is 0 Å². The van der Waals surface area contributed by atoms with Gasteiger partial charge in [-0.15, -0.1) is 0 Å². The van der Waals surface area contributed by atoms with E-state index in [1.807, 2.05) is 0 Å². The van der Waals surface area contributed by atoms with Gasteiger partial charge in [0.25, 0.3) is 0 Å². The van der Waals surface area contributed by atoms with Gasteiger partial charge in [-0.25, -0.2) is 0 Å². The number of rotatable bonds is 7. The maximum Gasteiger partial charge on any atom is 0.249 e. The van der Waals surface area contributed by atoms with E-state index in [0.717, 1.165) is 32.4 Å². The van der Waals surface area contributed by atoms with Crippen molar-refractivity contribution < 1.29 is 9.53 Å². The second kappa shape index (κ2) is 7.66. The molecule has 1 aliphatic rings. The highest BCUT2D eigenvalue weighted by Crippen LogP contribution is 2.14. The summed E-state index contributed by atoms with van der Waals surface area (Å²) in [6.45, 7) is 5.95. The van der Waals surface area contributed by atoms with E-state index in [9.17, 15) is 4.79 Å². The average Bonchev–Trinajstić information content (AvgIpc) is 2.82. The fraction of sp³-hybridized carbons (Fsp3) is 0.923. The van der Waals surface area contributed by atoms with Gasteiger partial charge in [0.05, 0.1) is 0 Å². The third-order valence-electron chi connectivity index (χ3n) is 3.33. The summed E-state index contributed by atoms with van der Waals surface area (Å²) in [5.74, 6) is 0.720. The molecule has 0 aromatic carbocycles. The molecule has 0 unspecified atom stereocenters. The molecule has 16 heavy (non-hydrogen) atoms. The number of ether oxygens (including phenoxy) is 1. The minimum atomic E-state index is -0.177. The van der Waals surface area contributed by atoms with Crippen molar-refractivity contribution in [2.45, 2.75) is 58.5 Å². The lowest BCUT2D eigenvalue weighted by molar-refractivity contribution is -0.130. The van der Waals surface area contributed by atoms with Crippen LogP contribution in [0.15, 0.2) is 0 Å².